The molecule has 0 fully saturated rings. The lowest BCUT2D eigenvalue weighted by Gasteiger charge is -2.18. The Morgan fingerprint density at radius 3 is 2.94 bits per heavy atom. The fourth-order valence-electron chi connectivity index (χ4n) is 1.80. The van der Waals surface area contributed by atoms with Crippen molar-refractivity contribution >= 4 is 12.2 Å². The summed E-state index contributed by atoms with van der Waals surface area (Å²) in [7, 11) is 2.99. The van der Waals surface area contributed by atoms with Crippen molar-refractivity contribution in [2.24, 2.45) is 4.99 Å². The van der Waals surface area contributed by atoms with Crippen LogP contribution in [0.3, 0.4) is 0 Å². The van der Waals surface area contributed by atoms with E-state index in [1.807, 2.05) is 18.2 Å². The van der Waals surface area contributed by atoms with Crippen LogP contribution in [0.4, 0.5) is 0 Å². The molecule has 0 aliphatic carbocycles. The summed E-state index contributed by atoms with van der Waals surface area (Å²) in [4.78, 5) is 15.5. The van der Waals surface area contributed by atoms with Crippen molar-refractivity contribution in [1.29, 1.82) is 0 Å². The van der Waals surface area contributed by atoms with Crippen LogP contribution in [0.2, 0.25) is 0 Å². The molecule has 0 spiro atoms. The maximum Gasteiger partial charge on any atom is 0.330 e. The fourth-order valence-corrected chi connectivity index (χ4v) is 1.80. The lowest BCUT2D eigenvalue weighted by molar-refractivity contribution is -0.142. The number of hydrogen-bond donors (Lipinski definition) is 0. The van der Waals surface area contributed by atoms with E-state index in [4.69, 9.17) is 4.74 Å². The Balaban J connectivity index is 2.32. The van der Waals surface area contributed by atoms with Crippen molar-refractivity contribution in [1.82, 2.24) is 0 Å². The first-order valence-corrected chi connectivity index (χ1v) is 5.03. The molecule has 4 nitrogen and oxygen atoms in total. The Bertz CT molecular complexity index is 440. The third-order valence-corrected chi connectivity index (χ3v) is 2.65. The number of nitrogens with zero attached hydrogens (tertiary/aromatic N) is 1. The summed E-state index contributed by atoms with van der Waals surface area (Å²) < 4.78 is 9.90. The molecule has 0 N–H and O–H groups in total. The average Bonchev–Trinajstić information content (AvgIpc) is 2.36. The first-order chi connectivity index (χ1) is 7.76. The van der Waals surface area contributed by atoms with Crippen LogP contribution in [0, 0.1) is 0 Å². The van der Waals surface area contributed by atoms with Crippen molar-refractivity contribution in [3.8, 4) is 5.75 Å². The number of ether oxygens (including phenoxy) is 2. The Hall–Kier alpha value is -1.84. The third kappa shape index (κ3) is 1.78. The molecular weight excluding hydrogens is 206 g/mol. The zero-order chi connectivity index (χ0) is 11.5. The molecule has 1 aliphatic rings. The number of benzene rings is 1. The van der Waals surface area contributed by atoms with Gasteiger partial charge in [0.25, 0.3) is 0 Å². The maximum absolute atomic E-state index is 11.4. The quantitative estimate of drug-likeness (QED) is 0.702. The number of aliphatic imine (C=N–C) groups is 1. The summed E-state index contributed by atoms with van der Waals surface area (Å²) in [5, 5.41) is 0. The fraction of sp³-hybridized carbons (Fsp3) is 0.333. The van der Waals surface area contributed by atoms with Gasteiger partial charge in [-0.15, -0.1) is 0 Å². The highest BCUT2D eigenvalue weighted by atomic mass is 16.5. The minimum atomic E-state index is -0.426. The topological polar surface area (TPSA) is 47.9 Å². The predicted molar refractivity (Wildman–Crippen MR) is 60.1 cm³/mol. The van der Waals surface area contributed by atoms with Gasteiger partial charge < -0.3 is 9.47 Å². The Labute approximate surface area is 93.9 Å². The van der Waals surface area contributed by atoms with E-state index < -0.39 is 6.04 Å². The molecule has 0 saturated heterocycles. The molecule has 1 aromatic carbocycles. The molecule has 4 heteroatoms. The average molecular weight is 219 g/mol. The molecule has 0 aromatic heterocycles. The molecule has 0 amide bonds. The molecule has 0 bridgehead atoms. The number of rotatable bonds is 2. The number of fused-ring (bicyclic) bond motifs is 1. The van der Waals surface area contributed by atoms with Gasteiger partial charge in [0, 0.05) is 18.2 Å². The molecule has 1 heterocycles. The molecule has 0 saturated carbocycles. The first-order valence-electron chi connectivity index (χ1n) is 5.03. The summed E-state index contributed by atoms with van der Waals surface area (Å²) in [5.41, 5.74) is 2.01. The van der Waals surface area contributed by atoms with Gasteiger partial charge in [-0.2, -0.15) is 0 Å². The molecule has 84 valence electrons. The zero-order valence-corrected chi connectivity index (χ0v) is 9.27. The van der Waals surface area contributed by atoms with Gasteiger partial charge in [-0.3, -0.25) is 4.99 Å². The lowest BCUT2D eigenvalue weighted by Crippen LogP contribution is -2.26. The van der Waals surface area contributed by atoms with E-state index in [0.29, 0.717) is 6.42 Å². The molecule has 1 aliphatic heterocycles. The van der Waals surface area contributed by atoms with E-state index >= 15 is 0 Å². The van der Waals surface area contributed by atoms with Crippen LogP contribution < -0.4 is 4.74 Å². The maximum atomic E-state index is 11.4. The predicted octanol–water partition coefficient (Wildman–Crippen LogP) is 1.21. The van der Waals surface area contributed by atoms with Crippen molar-refractivity contribution < 1.29 is 14.3 Å². The number of hydrogen-bond acceptors (Lipinski definition) is 4. The highest BCUT2D eigenvalue weighted by Crippen LogP contribution is 2.25. The van der Waals surface area contributed by atoms with Crippen molar-refractivity contribution in [2.45, 2.75) is 12.5 Å². The monoisotopic (exact) mass is 219 g/mol. The molecule has 0 radical (unpaired) electrons. The second-order valence-corrected chi connectivity index (χ2v) is 3.55. The van der Waals surface area contributed by atoms with Gasteiger partial charge in [0.2, 0.25) is 0 Å². The molecule has 16 heavy (non-hydrogen) atoms. The third-order valence-electron chi connectivity index (χ3n) is 2.65. The standard InChI is InChI=1S/C12H13NO3/c1-15-11-5-3-4-8-6-10(12(14)16-2)13-7-9(8)11/h3-5,7,10H,6H2,1-2H3. The Morgan fingerprint density at radius 2 is 2.25 bits per heavy atom. The Kier molecular flexibility index (Phi) is 2.90. The van der Waals surface area contributed by atoms with Gasteiger partial charge in [0.1, 0.15) is 5.75 Å². The highest BCUT2D eigenvalue weighted by molar-refractivity contribution is 5.90. The van der Waals surface area contributed by atoms with Crippen molar-refractivity contribution in [3.05, 3.63) is 29.3 Å². The van der Waals surface area contributed by atoms with E-state index in [0.717, 1.165) is 16.9 Å². The van der Waals surface area contributed by atoms with Gasteiger partial charge in [0.15, 0.2) is 6.04 Å². The number of carbonyl (C=O) groups is 1. The molecule has 1 atom stereocenters. The van der Waals surface area contributed by atoms with Crippen LogP contribution in [0.25, 0.3) is 0 Å². The normalized spacial score (nSPS) is 17.8. The first kappa shape index (κ1) is 10.7. The molecular formula is C12H13NO3. The number of carbonyl (C=O) groups excluding carboxylic acids is 1. The van der Waals surface area contributed by atoms with Gasteiger partial charge in [-0.05, 0) is 11.6 Å². The van der Waals surface area contributed by atoms with Crippen molar-refractivity contribution in [3.63, 3.8) is 0 Å². The van der Waals surface area contributed by atoms with Gasteiger partial charge in [-0.25, -0.2) is 4.79 Å². The molecule has 2 rings (SSSR count). The lowest BCUT2D eigenvalue weighted by atomic mass is 9.97. The largest absolute Gasteiger partial charge is 0.496 e. The Morgan fingerprint density at radius 1 is 1.44 bits per heavy atom. The second-order valence-electron chi connectivity index (χ2n) is 3.55. The number of methoxy groups -OCH3 is 2. The minimum absolute atomic E-state index is 0.301. The van der Waals surface area contributed by atoms with Crippen LogP contribution in [0.15, 0.2) is 23.2 Å². The van der Waals surface area contributed by atoms with Crippen LogP contribution in [-0.4, -0.2) is 32.4 Å². The molecule has 1 aromatic rings. The van der Waals surface area contributed by atoms with Crippen LogP contribution in [0.1, 0.15) is 11.1 Å². The van der Waals surface area contributed by atoms with E-state index in [1.54, 1.807) is 13.3 Å². The summed E-state index contributed by atoms with van der Waals surface area (Å²) in [6, 6.07) is 5.33. The van der Waals surface area contributed by atoms with Gasteiger partial charge in [-0.1, -0.05) is 12.1 Å². The summed E-state index contributed by atoms with van der Waals surface area (Å²) >= 11 is 0. The van der Waals surface area contributed by atoms with E-state index in [-0.39, 0.29) is 5.97 Å². The van der Waals surface area contributed by atoms with Gasteiger partial charge in [0.05, 0.1) is 14.2 Å². The van der Waals surface area contributed by atoms with E-state index in [9.17, 15) is 4.79 Å². The summed E-state index contributed by atoms with van der Waals surface area (Å²) in [6.45, 7) is 0. The smallest absolute Gasteiger partial charge is 0.330 e. The van der Waals surface area contributed by atoms with E-state index in [2.05, 4.69) is 9.73 Å². The van der Waals surface area contributed by atoms with E-state index in [1.165, 1.54) is 7.11 Å². The summed E-state index contributed by atoms with van der Waals surface area (Å²) in [5.74, 6) is 0.481. The number of esters is 1. The van der Waals surface area contributed by atoms with Crippen LogP contribution >= 0.6 is 0 Å². The SMILES string of the molecule is COC(=O)C1Cc2cccc(OC)c2C=N1. The zero-order valence-electron chi connectivity index (χ0n) is 9.27. The second kappa shape index (κ2) is 4.35. The minimum Gasteiger partial charge on any atom is -0.496 e. The van der Waals surface area contributed by atoms with Crippen LogP contribution in [0.5, 0.6) is 5.75 Å². The van der Waals surface area contributed by atoms with Crippen molar-refractivity contribution in [2.75, 3.05) is 14.2 Å². The summed E-state index contributed by atoms with van der Waals surface area (Å²) in [6.07, 6.45) is 2.24. The van der Waals surface area contributed by atoms with Gasteiger partial charge >= 0.3 is 5.97 Å². The van der Waals surface area contributed by atoms with Crippen LogP contribution in [-0.2, 0) is 16.0 Å². The highest BCUT2D eigenvalue weighted by Gasteiger charge is 2.23. The molecule has 1 unspecified atom stereocenters.